The number of benzene rings is 2. The van der Waals surface area contributed by atoms with E-state index in [0.717, 1.165) is 5.56 Å². The Balaban J connectivity index is 1.67. The number of nitrogens with zero attached hydrogens (tertiary/aromatic N) is 2. The molecule has 0 spiro atoms. The van der Waals surface area contributed by atoms with Crippen molar-refractivity contribution in [1.29, 1.82) is 0 Å². The molecule has 138 valence electrons. The van der Waals surface area contributed by atoms with Crippen LogP contribution in [-0.2, 0) is 11.4 Å². The summed E-state index contributed by atoms with van der Waals surface area (Å²) < 4.78 is 11.5. The van der Waals surface area contributed by atoms with Gasteiger partial charge in [-0.05, 0) is 31.2 Å². The fraction of sp³-hybridized carbons (Fsp3) is 0.150. The number of carboxylic acids is 1. The molecule has 7 nitrogen and oxygen atoms in total. The molecule has 0 saturated heterocycles. The third-order valence-electron chi connectivity index (χ3n) is 3.80. The molecule has 2 aromatic carbocycles. The van der Waals surface area contributed by atoms with E-state index in [0.29, 0.717) is 34.3 Å². The Labute approximate surface area is 156 Å². The molecule has 1 aromatic heterocycles. The third-order valence-corrected chi connectivity index (χ3v) is 3.80. The third kappa shape index (κ3) is 4.72. The van der Waals surface area contributed by atoms with Crippen molar-refractivity contribution in [2.24, 2.45) is 4.99 Å². The predicted molar refractivity (Wildman–Crippen MR) is 102 cm³/mol. The number of rotatable bonds is 7. The minimum absolute atomic E-state index is 0.244. The number of hydrogen-bond acceptors (Lipinski definition) is 6. The van der Waals surface area contributed by atoms with E-state index < -0.39 is 5.97 Å². The van der Waals surface area contributed by atoms with Crippen LogP contribution in [-0.4, -0.2) is 28.8 Å². The summed E-state index contributed by atoms with van der Waals surface area (Å²) in [6, 6.07) is 14.8. The molecule has 1 heterocycles. The lowest BCUT2D eigenvalue weighted by Gasteiger charge is -2.07. The zero-order valence-electron chi connectivity index (χ0n) is 14.8. The van der Waals surface area contributed by atoms with Crippen LogP contribution >= 0.6 is 0 Å². The first-order valence-electron chi connectivity index (χ1n) is 8.28. The normalized spacial score (nSPS) is 11.0. The van der Waals surface area contributed by atoms with Crippen LogP contribution in [0.1, 0.15) is 17.0 Å². The van der Waals surface area contributed by atoms with Crippen molar-refractivity contribution < 1.29 is 19.1 Å². The SMILES string of the molecule is Cc1oc(-c2ccccc2)nc1COc1ccc(C=NCC(=O)O)c(N)c1. The average molecular weight is 365 g/mol. The van der Waals surface area contributed by atoms with Crippen molar-refractivity contribution in [2.45, 2.75) is 13.5 Å². The fourth-order valence-electron chi connectivity index (χ4n) is 2.40. The van der Waals surface area contributed by atoms with Gasteiger partial charge in [0.25, 0.3) is 0 Å². The highest BCUT2D eigenvalue weighted by atomic mass is 16.5. The summed E-state index contributed by atoms with van der Waals surface area (Å²) in [5.41, 5.74) is 8.66. The van der Waals surface area contributed by atoms with Gasteiger partial charge in [0.15, 0.2) is 0 Å². The molecule has 27 heavy (non-hydrogen) atoms. The number of aryl methyl sites for hydroxylation is 1. The summed E-state index contributed by atoms with van der Waals surface area (Å²) in [6.45, 7) is 1.79. The zero-order chi connectivity index (χ0) is 19.2. The second-order valence-corrected chi connectivity index (χ2v) is 5.83. The Kier molecular flexibility index (Phi) is 5.51. The topological polar surface area (TPSA) is 111 Å². The number of nitrogens with two attached hydrogens (primary N) is 1. The number of ether oxygens (including phenoxy) is 1. The predicted octanol–water partition coefficient (Wildman–Crippen LogP) is 3.31. The van der Waals surface area contributed by atoms with E-state index in [4.69, 9.17) is 20.0 Å². The standard InChI is InChI=1S/C20H19N3O4/c1-13-18(23-20(27-13)14-5-3-2-4-6-14)12-26-16-8-7-15(17(21)9-16)10-22-11-19(24)25/h2-10H,11-12,21H2,1H3,(H,24,25). The monoisotopic (exact) mass is 365 g/mol. The number of aliphatic carboxylic acids is 1. The maximum Gasteiger partial charge on any atom is 0.325 e. The van der Waals surface area contributed by atoms with Crippen molar-refractivity contribution in [3.63, 3.8) is 0 Å². The van der Waals surface area contributed by atoms with Crippen molar-refractivity contribution >= 4 is 17.9 Å². The number of carbonyl (C=O) groups is 1. The summed E-state index contributed by atoms with van der Waals surface area (Å²) in [7, 11) is 0. The summed E-state index contributed by atoms with van der Waals surface area (Å²) in [5.74, 6) is 0.824. The Hall–Kier alpha value is -3.61. The molecule has 3 aromatic rings. The molecule has 0 bridgehead atoms. The first kappa shape index (κ1) is 18.2. The molecular weight excluding hydrogens is 346 g/mol. The van der Waals surface area contributed by atoms with Gasteiger partial charge < -0.3 is 20.0 Å². The minimum Gasteiger partial charge on any atom is -0.487 e. The molecule has 3 N–H and O–H groups in total. The van der Waals surface area contributed by atoms with E-state index in [1.807, 2.05) is 37.3 Å². The van der Waals surface area contributed by atoms with Crippen LogP contribution < -0.4 is 10.5 Å². The highest BCUT2D eigenvalue weighted by Gasteiger charge is 2.12. The molecule has 0 saturated carbocycles. The van der Waals surface area contributed by atoms with E-state index >= 15 is 0 Å². The summed E-state index contributed by atoms with van der Waals surface area (Å²) in [6.07, 6.45) is 1.43. The molecule has 7 heteroatoms. The van der Waals surface area contributed by atoms with Gasteiger partial charge in [0.05, 0.1) is 0 Å². The van der Waals surface area contributed by atoms with Gasteiger partial charge in [0.2, 0.25) is 5.89 Å². The molecule has 3 rings (SSSR count). The fourth-order valence-corrected chi connectivity index (χ4v) is 2.40. The van der Waals surface area contributed by atoms with Crippen LogP contribution in [0.3, 0.4) is 0 Å². The van der Waals surface area contributed by atoms with Crippen LogP contribution in [0.5, 0.6) is 5.75 Å². The molecule has 0 radical (unpaired) electrons. The number of nitrogen functional groups attached to an aromatic ring is 1. The lowest BCUT2D eigenvalue weighted by molar-refractivity contribution is -0.135. The summed E-state index contributed by atoms with van der Waals surface area (Å²) in [5, 5.41) is 8.60. The lowest BCUT2D eigenvalue weighted by Crippen LogP contribution is -2.01. The summed E-state index contributed by atoms with van der Waals surface area (Å²) >= 11 is 0. The van der Waals surface area contributed by atoms with Crippen LogP contribution in [0.2, 0.25) is 0 Å². The maximum absolute atomic E-state index is 10.5. The van der Waals surface area contributed by atoms with E-state index in [9.17, 15) is 4.79 Å². The van der Waals surface area contributed by atoms with Crippen LogP contribution in [0.25, 0.3) is 11.5 Å². The van der Waals surface area contributed by atoms with Crippen molar-refractivity contribution in [3.05, 3.63) is 65.5 Å². The van der Waals surface area contributed by atoms with Crippen LogP contribution in [0.4, 0.5) is 5.69 Å². The van der Waals surface area contributed by atoms with Gasteiger partial charge in [0.1, 0.15) is 30.4 Å². The lowest BCUT2D eigenvalue weighted by atomic mass is 10.2. The number of oxazole rings is 1. The Morgan fingerprint density at radius 1 is 1.30 bits per heavy atom. The van der Waals surface area contributed by atoms with Crippen molar-refractivity contribution in [2.75, 3.05) is 12.3 Å². The van der Waals surface area contributed by atoms with Gasteiger partial charge in [-0.1, -0.05) is 18.2 Å². The molecule has 0 atom stereocenters. The van der Waals surface area contributed by atoms with Gasteiger partial charge in [0, 0.05) is 29.1 Å². The molecule has 0 fully saturated rings. The van der Waals surface area contributed by atoms with E-state index in [1.54, 1.807) is 18.2 Å². The molecule has 0 aliphatic carbocycles. The molecular formula is C20H19N3O4. The number of aliphatic imine (C=N–C) groups is 1. The molecule has 0 unspecified atom stereocenters. The number of anilines is 1. The van der Waals surface area contributed by atoms with Gasteiger partial charge in [-0.2, -0.15) is 0 Å². The van der Waals surface area contributed by atoms with Crippen molar-refractivity contribution in [1.82, 2.24) is 4.98 Å². The van der Waals surface area contributed by atoms with E-state index in [2.05, 4.69) is 9.98 Å². The molecule has 0 amide bonds. The van der Waals surface area contributed by atoms with Crippen LogP contribution in [0, 0.1) is 6.92 Å². The number of hydrogen-bond donors (Lipinski definition) is 2. The second-order valence-electron chi connectivity index (χ2n) is 5.83. The highest BCUT2D eigenvalue weighted by molar-refractivity contribution is 5.88. The highest BCUT2D eigenvalue weighted by Crippen LogP contribution is 2.24. The second kappa shape index (κ2) is 8.18. The molecule has 0 aliphatic heterocycles. The smallest absolute Gasteiger partial charge is 0.325 e. The minimum atomic E-state index is -0.998. The largest absolute Gasteiger partial charge is 0.487 e. The van der Waals surface area contributed by atoms with Gasteiger partial charge in [-0.15, -0.1) is 0 Å². The first-order valence-corrected chi connectivity index (χ1v) is 8.28. The quantitative estimate of drug-likeness (QED) is 0.491. The van der Waals surface area contributed by atoms with E-state index in [1.165, 1.54) is 6.21 Å². The van der Waals surface area contributed by atoms with Gasteiger partial charge >= 0.3 is 5.97 Å². The van der Waals surface area contributed by atoms with Gasteiger partial charge in [-0.25, -0.2) is 4.98 Å². The van der Waals surface area contributed by atoms with E-state index in [-0.39, 0.29) is 13.2 Å². The Bertz CT molecular complexity index is 965. The Morgan fingerprint density at radius 3 is 2.78 bits per heavy atom. The van der Waals surface area contributed by atoms with Crippen LogP contribution in [0.15, 0.2) is 57.9 Å². The van der Waals surface area contributed by atoms with Gasteiger partial charge in [-0.3, -0.25) is 9.79 Å². The first-order chi connectivity index (χ1) is 13.0. The average Bonchev–Trinajstić information content (AvgIpc) is 3.03. The number of aromatic nitrogens is 1. The molecule has 0 aliphatic rings. The maximum atomic E-state index is 10.5. The van der Waals surface area contributed by atoms with Crippen molar-refractivity contribution in [3.8, 4) is 17.2 Å². The summed E-state index contributed by atoms with van der Waals surface area (Å²) in [4.78, 5) is 18.8. The zero-order valence-corrected chi connectivity index (χ0v) is 14.8. The number of carboxylic acid groups (broad SMARTS) is 1. The Morgan fingerprint density at radius 2 is 2.07 bits per heavy atom.